The Hall–Kier alpha value is -1.14. The van der Waals surface area contributed by atoms with Gasteiger partial charge in [-0.25, -0.2) is 0 Å². The molecule has 0 amide bonds. The molecule has 1 saturated heterocycles. The van der Waals surface area contributed by atoms with Crippen molar-refractivity contribution in [1.82, 2.24) is 19.9 Å². The van der Waals surface area contributed by atoms with E-state index in [9.17, 15) is 0 Å². The number of nitrogen functional groups attached to an aromatic ring is 1. The van der Waals surface area contributed by atoms with Gasteiger partial charge in [0.25, 0.3) is 0 Å². The van der Waals surface area contributed by atoms with Crippen LogP contribution in [-0.4, -0.2) is 52.6 Å². The molecule has 1 atom stereocenters. The average molecular weight is 257 g/mol. The molecule has 94 valence electrons. The molecule has 6 nitrogen and oxygen atoms in total. The molecule has 2 heterocycles. The predicted octanol–water partition coefficient (Wildman–Crippen LogP) is 0.638. The summed E-state index contributed by atoms with van der Waals surface area (Å²) in [5.74, 6) is 0.751. The molecule has 0 saturated carbocycles. The Labute approximate surface area is 106 Å². The lowest BCUT2D eigenvalue weighted by atomic mass is 10.1. The summed E-state index contributed by atoms with van der Waals surface area (Å²) < 4.78 is 0. The molecule has 0 aliphatic carbocycles. The number of likely N-dealkylation sites (N-methyl/N-ethyl adjacent to an activating group) is 1. The monoisotopic (exact) mass is 256 g/mol. The van der Waals surface area contributed by atoms with Gasteiger partial charge < -0.3 is 10.6 Å². The van der Waals surface area contributed by atoms with Crippen molar-refractivity contribution < 1.29 is 0 Å². The number of nitrogens with zero attached hydrogens (tertiary/aromatic N) is 5. The van der Waals surface area contributed by atoms with Gasteiger partial charge >= 0.3 is 0 Å². The Morgan fingerprint density at radius 2 is 2.12 bits per heavy atom. The highest BCUT2D eigenvalue weighted by Crippen LogP contribution is 2.17. The van der Waals surface area contributed by atoms with E-state index < -0.39 is 0 Å². The normalized spacial score (nSPS) is 21.8. The molecule has 1 aliphatic heterocycles. The van der Waals surface area contributed by atoms with E-state index in [1.807, 2.05) is 0 Å². The summed E-state index contributed by atoms with van der Waals surface area (Å²) >= 11 is 5.79. The Morgan fingerprint density at radius 1 is 1.35 bits per heavy atom. The van der Waals surface area contributed by atoms with Crippen LogP contribution in [0.15, 0.2) is 0 Å². The Kier molecular flexibility index (Phi) is 3.63. The summed E-state index contributed by atoms with van der Waals surface area (Å²) in [6, 6.07) is 0.514. The lowest BCUT2D eigenvalue weighted by Gasteiger charge is -2.39. The summed E-state index contributed by atoms with van der Waals surface area (Å²) in [6.45, 7) is 4.95. The van der Waals surface area contributed by atoms with Crippen molar-refractivity contribution in [3.05, 3.63) is 5.28 Å². The first-order valence-electron chi connectivity index (χ1n) is 5.72. The van der Waals surface area contributed by atoms with E-state index in [1.165, 1.54) is 0 Å². The predicted molar refractivity (Wildman–Crippen MR) is 68.2 cm³/mol. The van der Waals surface area contributed by atoms with Gasteiger partial charge in [-0.05, 0) is 25.1 Å². The van der Waals surface area contributed by atoms with Crippen molar-refractivity contribution in [1.29, 1.82) is 0 Å². The summed E-state index contributed by atoms with van der Waals surface area (Å²) in [4.78, 5) is 16.5. The second-order valence-corrected chi connectivity index (χ2v) is 4.59. The average Bonchev–Trinajstić information content (AvgIpc) is 2.28. The molecule has 7 heteroatoms. The number of rotatable bonds is 2. The minimum absolute atomic E-state index is 0.152. The van der Waals surface area contributed by atoms with E-state index in [-0.39, 0.29) is 11.2 Å². The molecule has 17 heavy (non-hydrogen) atoms. The standard InChI is InChI=1S/C10H17ClN6/c1-3-7-6-17(5-4-16(7)2)10-14-8(11)13-9(12)15-10/h7H,3-6H2,1-2H3,(H2,12,13,14,15). The SMILES string of the molecule is CCC1CN(c2nc(N)nc(Cl)n2)CCN1C. The second kappa shape index (κ2) is 5.01. The van der Waals surface area contributed by atoms with Gasteiger partial charge in [-0.15, -0.1) is 0 Å². The molecule has 1 aliphatic rings. The van der Waals surface area contributed by atoms with Crippen LogP contribution < -0.4 is 10.6 Å². The van der Waals surface area contributed by atoms with Crippen molar-refractivity contribution in [2.45, 2.75) is 19.4 Å². The highest BCUT2D eigenvalue weighted by atomic mass is 35.5. The third-order valence-corrected chi connectivity index (χ3v) is 3.31. The Bertz CT molecular complexity index is 378. The maximum Gasteiger partial charge on any atom is 0.231 e. The number of hydrogen-bond acceptors (Lipinski definition) is 6. The third kappa shape index (κ3) is 2.76. The number of aromatic nitrogens is 3. The maximum atomic E-state index is 5.79. The van der Waals surface area contributed by atoms with E-state index in [0.717, 1.165) is 26.1 Å². The van der Waals surface area contributed by atoms with Crippen LogP contribution in [0.2, 0.25) is 5.28 Å². The van der Waals surface area contributed by atoms with Crippen LogP contribution in [0.1, 0.15) is 13.3 Å². The first kappa shape index (κ1) is 12.3. The minimum Gasteiger partial charge on any atom is -0.368 e. The summed E-state index contributed by atoms with van der Waals surface area (Å²) in [7, 11) is 2.14. The smallest absolute Gasteiger partial charge is 0.231 e. The largest absolute Gasteiger partial charge is 0.368 e. The van der Waals surface area contributed by atoms with Gasteiger partial charge in [-0.3, -0.25) is 4.90 Å². The molecular formula is C10H17ClN6. The van der Waals surface area contributed by atoms with E-state index in [1.54, 1.807) is 0 Å². The number of halogens is 1. The Morgan fingerprint density at radius 3 is 2.76 bits per heavy atom. The van der Waals surface area contributed by atoms with Gasteiger partial charge in [-0.2, -0.15) is 15.0 Å². The lowest BCUT2D eigenvalue weighted by Crippen LogP contribution is -2.51. The van der Waals surface area contributed by atoms with Gasteiger partial charge in [0.2, 0.25) is 17.2 Å². The molecule has 0 bridgehead atoms. The Balaban J connectivity index is 2.17. The molecule has 2 N–H and O–H groups in total. The van der Waals surface area contributed by atoms with Crippen molar-refractivity contribution in [2.24, 2.45) is 0 Å². The third-order valence-electron chi connectivity index (χ3n) is 3.14. The van der Waals surface area contributed by atoms with Crippen LogP contribution in [0.25, 0.3) is 0 Å². The van der Waals surface area contributed by atoms with Crippen molar-refractivity contribution in [3.63, 3.8) is 0 Å². The van der Waals surface area contributed by atoms with Crippen molar-refractivity contribution >= 4 is 23.5 Å². The van der Waals surface area contributed by atoms with E-state index in [4.69, 9.17) is 17.3 Å². The fraction of sp³-hybridized carbons (Fsp3) is 0.700. The molecule has 1 aromatic heterocycles. The van der Waals surface area contributed by atoms with Crippen molar-refractivity contribution in [2.75, 3.05) is 37.3 Å². The van der Waals surface area contributed by atoms with E-state index in [0.29, 0.717) is 12.0 Å². The minimum atomic E-state index is 0.152. The summed E-state index contributed by atoms with van der Waals surface area (Å²) in [5, 5.41) is 0.152. The highest BCUT2D eigenvalue weighted by molar-refractivity contribution is 6.28. The summed E-state index contributed by atoms with van der Waals surface area (Å²) in [6.07, 6.45) is 1.10. The fourth-order valence-corrected chi connectivity index (χ4v) is 2.23. The highest BCUT2D eigenvalue weighted by Gasteiger charge is 2.24. The van der Waals surface area contributed by atoms with Gasteiger partial charge in [0.1, 0.15) is 0 Å². The topological polar surface area (TPSA) is 71.2 Å². The second-order valence-electron chi connectivity index (χ2n) is 4.25. The lowest BCUT2D eigenvalue weighted by molar-refractivity contribution is 0.212. The van der Waals surface area contributed by atoms with Crippen LogP contribution in [0.3, 0.4) is 0 Å². The number of piperazine rings is 1. The fourth-order valence-electron chi connectivity index (χ4n) is 2.06. The summed E-state index contributed by atoms with van der Waals surface area (Å²) in [5.41, 5.74) is 5.58. The number of anilines is 2. The number of hydrogen-bond donors (Lipinski definition) is 1. The van der Waals surface area contributed by atoms with Crippen LogP contribution in [0.5, 0.6) is 0 Å². The van der Waals surface area contributed by atoms with Crippen LogP contribution in [-0.2, 0) is 0 Å². The van der Waals surface area contributed by atoms with Crippen LogP contribution in [0, 0.1) is 0 Å². The zero-order valence-electron chi connectivity index (χ0n) is 10.1. The molecule has 1 unspecified atom stereocenters. The molecule has 0 aromatic carbocycles. The number of nitrogens with two attached hydrogens (primary N) is 1. The van der Waals surface area contributed by atoms with Crippen LogP contribution >= 0.6 is 11.6 Å². The van der Waals surface area contributed by atoms with E-state index in [2.05, 4.69) is 38.7 Å². The zero-order valence-corrected chi connectivity index (χ0v) is 10.9. The van der Waals surface area contributed by atoms with E-state index >= 15 is 0 Å². The quantitative estimate of drug-likeness (QED) is 0.837. The maximum absolute atomic E-state index is 5.79. The van der Waals surface area contributed by atoms with Gasteiger partial charge in [0.15, 0.2) is 0 Å². The van der Waals surface area contributed by atoms with Gasteiger partial charge in [0, 0.05) is 25.7 Å². The first-order chi connectivity index (χ1) is 8.10. The molecule has 0 spiro atoms. The van der Waals surface area contributed by atoms with Crippen molar-refractivity contribution in [3.8, 4) is 0 Å². The molecule has 2 rings (SSSR count). The van der Waals surface area contributed by atoms with Crippen LogP contribution in [0.4, 0.5) is 11.9 Å². The molecule has 0 radical (unpaired) electrons. The molecule has 1 fully saturated rings. The molecule has 1 aromatic rings. The first-order valence-corrected chi connectivity index (χ1v) is 6.10. The van der Waals surface area contributed by atoms with Gasteiger partial charge in [-0.1, -0.05) is 6.92 Å². The van der Waals surface area contributed by atoms with Gasteiger partial charge in [0.05, 0.1) is 0 Å². The molecular weight excluding hydrogens is 240 g/mol. The zero-order chi connectivity index (χ0) is 12.4.